The van der Waals surface area contributed by atoms with Crippen molar-refractivity contribution in [1.82, 2.24) is 20.1 Å². The molecule has 0 fully saturated rings. The van der Waals surface area contributed by atoms with Crippen molar-refractivity contribution in [1.29, 1.82) is 0 Å². The molecule has 2 heterocycles. The maximum absolute atomic E-state index is 12.8. The molecule has 1 N–H and O–H groups in total. The molecule has 0 spiro atoms. The Kier molecular flexibility index (Phi) is 4.75. The van der Waals surface area contributed by atoms with E-state index in [1.54, 1.807) is 41.3 Å². The van der Waals surface area contributed by atoms with E-state index in [9.17, 15) is 18.0 Å². The van der Waals surface area contributed by atoms with Crippen LogP contribution in [0.4, 0.5) is 13.2 Å². The van der Waals surface area contributed by atoms with Gasteiger partial charge in [0.05, 0.1) is 22.8 Å². The molecule has 0 atom stereocenters. The molecule has 0 bridgehead atoms. The summed E-state index contributed by atoms with van der Waals surface area (Å²) in [6.45, 7) is -0.0203. The van der Waals surface area contributed by atoms with Gasteiger partial charge in [0.25, 0.3) is 5.91 Å². The summed E-state index contributed by atoms with van der Waals surface area (Å²) in [5.74, 6) is 0.220. The summed E-state index contributed by atoms with van der Waals surface area (Å²) in [5.41, 5.74) is 0.708. The largest absolute Gasteiger partial charge is 0.416 e. The number of nitrogens with one attached hydrogen (secondary N) is 1. The first-order valence-corrected chi connectivity index (χ1v) is 8.76. The van der Waals surface area contributed by atoms with Crippen LogP contribution in [0.15, 0.2) is 73.1 Å². The minimum atomic E-state index is -4.42. The Morgan fingerprint density at radius 2 is 1.86 bits per heavy atom. The summed E-state index contributed by atoms with van der Waals surface area (Å²) < 4.78 is 40.2. The lowest BCUT2D eigenvalue weighted by atomic mass is 10.1. The summed E-state index contributed by atoms with van der Waals surface area (Å²) in [5, 5.41) is 7.62. The fraction of sp³-hybridized carbons (Fsp3) is 0.0952. The zero-order chi connectivity index (χ0) is 20.4. The molecule has 4 rings (SSSR count). The number of alkyl halides is 3. The third-order valence-corrected chi connectivity index (χ3v) is 4.43. The lowest BCUT2D eigenvalue weighted by Crippen LogP contribution is -2.23. The minimum absolute atomic E-state index is 0.0203. The average Bonchev–Trinajstić information content (AvgIpc) is 3.16. The SMILES string of the molecule is O=C(NCc1cccc(C(F)(F)F)c1)c1cccc2c1cnn2-c1ccccn1. The van der Waals surface area contributed by atoms with Gasteiger partial charge >= 0.3 is 6.18 Å². The number of halogens is 3. The van der Waals surface area contributed by atoms with Crippen molar-refractivity contribution in [3.63, 3.8) is 0 Å². The molecule has 1 amide bonds. The summed E-state index contributed by atoms with van der Waals surface area (Å²) >= 11 is 0. The molecule has 2 aromatic heterocycles. The van der Waals surface area contributed by atoms with E-state index in [4.69, 9.17) is 0 Å². The summed E-state index contributed by atoms with van der Waals surface area (Å²) in [4.78, 5) is 16.9. The van der Waals surface area contributed by atoms with Crippen molar-refractivity contribution in [2.75, 3.05) is 0 Å². The molecule has 0 radical (unpaired) electrons. The van der Waals surface area contributed by atoms with Crippen LogP contribution in [0.5, 0.6) is 0 Å². The fourth-order valence-electron chi connectivity index (χ4n) is 3.05. The predicted octanol–water partition coefficient (Wildman–Crippen LogP) is 4.37. The van der Waals surface area contributed by atoms with Crippen LogP contribution in [0.1, 0.15) is 21.5 Å². The lowest BCUT2D eigenvalue weighted by Gasteiger charge is -2.10. The number of rotatable bonds is 4. The van der Waals surface area contributed by atoms with Gasteiger partial charge in [0.1, 0.15) is 0 Å². The quantitative estimate of drug-likeness (QED) is 0.557. The van der Waals surface area contributed by atoms with E-state index in [0.29, 0.717) is 27.8 Å². The first kappa shape index (κ1) is 18.7. The number of aromatic nitrogens is 3. The molecule has 146 valence electrons. The minimum Gasteiger partial charge on any atom is -0.348 e. The molecular weight excluding hydrogens is 381 g/mol. The van der Waals surface area contributed by atoms with E-state index in [2.05, 4.69) is 15.4 Å². The highest BCUT2D eigenvalue weighted by Gasteiger charge is 2.30. The highest BCUT2D eigenvalue weighted by Crippen LogP contribution is 2.29. The van der Waals surface area contributed by atoms with Crippen LogP contribution >= 0.6 is 0 Å². The van der Waals surface area contributed by atoms with E-state index in [-0.39, 0.29) is 6.54 Å². The molecule has 0 aliphatic carbocycles. The van der Waals surface area contributed by atoms with Gasteiger partial charge in [-0.15, -0.1) is 0 Å². The summed E-state index contributed by atoms with van der Waals surface area (Å²) in [6.07, 6.45) is -1.21. The van der Waals surface area contributed by atoms with E-state index in [0.717, 1.165) is 12.1 Å². The Morgan fingerprint density at radius 3 is 2.62 bits per heavy atom. The molecule has 0 aliphatic rings. The molecule has 29 heavy (non-hydrogen) atoms. The van der Waals surface area contributed by atoms with E-state index in [1.807, 2.05) is 12.1 Å². The van der Waals surface area contributed by atoms with Gasteiger partial charge in [0, 0.05) is 18.1 Å². The number of benzene rings is 2. The van der Waals surface area contributed by atoms with Gasteiger partial charge in [-0.05, 0) is 42.0 Å². The highest BCUT2D eigenvalue weighted by molar-refractivity contribution is 6.06. The van der Waals surface area contributed by atoms with Crippen LogP contribution in [0.2, 0.25) is 0 Å². The first-order chi connectivity index (χ1) is 13.9. The second kappa shape index (κ2) is 7.38. The third kappa shape index (κ3) is 3.82. The van der Waals surface area contributed by atoms with Gasteiger partial charge in [-0.3, -0.25) is 4.79 Å². The number of fused-ring (bicyclic) bond motifs is 1. The zero-order valence-electron chi connectivity index (χ0n) is 15.0. The lowest BCUT2D eigenvalue weighted by molar-refractivity contribution is -0.137. The van der Waals surface area contributed by atoms with Crippen LogP contribution in [0.25, 0.3) is 16.7 Å². The monoisotopic (exact) mass is 396 g/mol. The Hall–Kier alpha value is -3.68. The fourth-order valence-corrected chi connectivity index (χ4v) is 3.05. The Morgan fingerprint density at radius 1 is 1.03 bits per heavy atom. The summed E-state index contributed by atoms with van der Waals surface area (Å²) in [6, 6.07) is 15.5. The predicted molar refractivity (Wildman–Crippen MR) is 101 cm³/mol. The average molecular weight is 396 g/mol. The molecule has 0 unspecified atom stereocenters. The smallest absolute Gasteiger partial charge is 0.348 e. The number of nitrogens with zero attached hydrogens (tertiary/aromatic N) is 3. The van der Waals surface area contributed by atoms with Crippen LogP contribution in [0, 0.1) is 0 Å². The van der Waals surface area contributed by atoms with E-state index in [1.165, 1.54) is 12.1 Å². The second-order valence-electron chi connectivity index (χ2n) is 6.36. The maximum atomic E-state index is 12.8. The highest BCUT2D eigenvalue weighted by atomic mass is 19.4. The summed E-state index contributed by atoms with van der Waals surface area (Å²) in [7, 11) is 0. The Labute approximate surface area is 163 Å². The Balaban J connectivity index is 1.58. The molecule has 8 heteroatoms. The number of hydrogen-bond donors (Lipinski definition) is 1. The Bertz CT molecular complexity index is 1170. The van der Waals surface area contributed by atoms with Crippen LogP contribution < -0.4 is 5.32 Å². The molecule has 2 aromatic carbocycles. The van der Waals surface area contributed by atoms with Gasteiger partial charge < -0.3 is 5.32 Å². The van der Waals surface area contributed by atoms with Crippen molar-refractivity contribution < 1.29 is 18.0 Å². The number of carbonyl (C=O) groups is 1. The number of pyridine rings is 1. The first-order valence-electron chi connectivity index (χ1n) is 8.76. The topological polar surface area (TPSA) is 59.8 Å². The zero-order valence-corrected chi connectivity index (χ0v) is 15.0. The number of amides is 1. The van der Waals surface area contributed by atoms with Crippen LogP contribution in [0.3, 0.4) is 0 Å². The maximum Gasteiger partial charge on any atom is 0.416 e. The van der Waals surface area contributed by atoms with Gasteiger partial charge in [-0.25, -0.2) is 9.67 Å². The molecular formula is C21H15F3N4O. The van der Waals surface area contributed by atoms with Gasteiger partial charge in [-0.1, -0.05) is 24.3 Å². The third-order valence-electron chi connectivity index (χ3n) is 4.43. The van der Waals surface area contributed by atoms with Crippen molar-refractivity contribution >= 4 is 16.8 Å². The molecule has 0 aliphatic heterocycles. The molecule has 4 aromatic rings. The van der Waals surface area contributed by atoms with E-state index >= 15 is 0 Å². The van der Waals surface area contributed by atoms with Crippen molar-refractivity contribution in [2.45, 2.75) is 12.7 Å². The van der Waals surface area contributed by atoms with Gasteiger partial charge in [0.2, 0.25) is 0 Å². The van der Waals surface area contributed by atoms with E-state index < -0.39 is 17.6 Å². The molecule has 5 nitrogen and oxygen atoms in total. The van der Waals surface area contributed by atoms with Gasteiger partial charge in [-0.2, -0.15) is 18.3 Å². The van der Waals surface area contributed by atoms with Crippen molar-refractivity contribution in [3.05, 3.63) is 89.7 Å². The van der Waals surface area contributed by atoms with Crippen molar-refractivity contribution in [2.24, 2.45) is 0 Å². The van der Waals surface area contributed by atoms with Crippen molar-refractivity contribution in [3.8, 4) is 5.82 Å². The van der Waals surface area contributed by atoms with Crippen LogP contribution in [-0.2, 0) is 12.7 Å². The van der Waals surface area contributed by atoms with Gasteiger partial charge in [0.15, 0.2) is 5.82 Å². The number of carbonyl (C=O) groups excluding carboxylic acids is 1. The molecule has 0 saturated carbocycles. The normalized spacial score (nSPS) is 11.6. The number of hydrogen-bond acceptors (Lipinski definition) is 3. The van der Waals surface area contributed by atoms with Crippen LogP contribution in [-0.4, -0.2) is 20.7 Å². The second-order valence-corrected chi connectivity index (χ2v) is 6.36. The standard InChI is InChI=1S/C21H15F3N4O/c22-21(23,24)15-6-3-5-14(11-15)12-26-20(29)16-7-4-8-18-17(16)13-27-28(18)19-9-1-2-10-25-19/h1-11,13H,12H2,(H,26,29). The molecule has 0 saturated heterocycles.